The third kappa shape index (κ3) is 1.73. The number of nitrogens with one attached hydrogen (secondary N) is 1. The molecule has 0 saturated heterocycles. The minimum Gasteiger partial charge on any atom is -0.347 e. The summed E-state index contributed by atoms with van der Waals surface area (Å²) < 4.78 is 2.40. The number of hydrogen-bond acceptors (Lipinski definition) is 1. The smallest absolute Gasteiger partial charge is 0.0515 e. The number of likely N-dealkylation sites (N-methyl/N-ethyl adjacent to an activating group) is 1. The number of para-hydroxylation sites is 1. The van der Waals surface area contributed by atoms with Crippen LogP contribution in [0, 0.1) is 6.92 Å². The molecule has 1 heterocycles. The normalized spacial score (nSPS) is 17.1. The molecule has 0 spiro atoms. The van der Waals surface area contributed by atoms with E-state index >= 15 is 0 Å². The Morgan fingerprint density at radius 2 is 2.05 bits per heavy atom. The van der Waals surface area contributed by atoms with Crippen molar-refractivity contribution in [3.05, 3.63) is 35.0 Å². The quantitative estimate of drug-likeness (QED) is 0.888. The molecule has 1 aromatic heterocycles. The van der Waals surface area contributed by atoms with Crippen LogP contribution in [-0.4, -0.2) is 18.2 Å². The molecule has 2 heteroatoms. The fourth-order valence-electron chi connectivity index (χ4n) is 3.68. The number of aromatic nitrogens is 1. The molecule has 1 N–H and O–H groups in total. The van der Waals surface area contributed by atoms with Gasteiger partial charge >= 0.3 is 0 Å². The summed E-state index contributed by atoms with van der Waals surface area (Å²) >= 11 is 0. The van der Waals surface area contributed by atoms with Gasteiger partial charge in [-0.05, 0) is 44.4 Å². The lowest BCUT2D eigenvalue weighted by molar-refractivity contribution is 0.621. The van der Waals surface area contributed by atoms with Crippen LogP contribution >= 0.6 is 0 Å². The van der Waals surface area contributed by atoms with Crippen LogP contribution in [0.4, 0.5) is 0 Å². The maximum Gasteiger partial charge on any atom is 0.0515 e. The summed E-state index contributed by atoms with van der Waals surface area (Å²) in [5.41, 5.74) is 6.35. The molecule has 19 heavy (non-hydrogen) atoms. The Labute approximate surface area is 115 Å². The number of aryl methyl sites for hydroxylation is 2. The average molecular weight is 256 g/mol. The predicted octanol–water partition coefficient (Wildman–Crippen LogP) is 3.30. The highest BCUT2D eigenvalue weighted by molar-refractivity contribution is 5.89. The first-order chi connectivity index (χ1) is 9.14. The van der Waals surface area contributed by atoms with Crippen LogP contribution in [0.15, 0.2) is 18.2 Å². The van der Waals surface area contributed by atoms with Gasteiger partial charge in [0.25, 0.3) is 0 Å². The largest absolute Gasteiger partial charge is 0.347 e. The molecule has 1 aliphatic carbocycles. The lowest BCUT2D eigenvalue weighted by Crippen LogP contribution is -2.24. The van der Waals surface area contributed by atoms with Gasteiger partial charge in [-0.3, -0.25) is 0 Å². The van der Waals surface area contributed by atoms with Crippen molar-refractivity contribution >= 4 is 10.9 Å². The van der Waals surface area contributed by atoms with Crippen molar-refractivity contribution in [2.75, 3.05) is 13.6 Å². The third-order valence-corrected chi connectivity index (χ3v) is 4.87. The third-order valence-electron chi connectivity index (χ3n) is 4.87. The Balaban J connectivity index is 2.29. The summed E-state index contributed by atoms with van der Waals surface area (Å²) in [5, 5.41) is 4.87. The van der Waals surface area contributed by atoms with Gasteiger partial charge in [0.1, 0.15) is 0 Å². The molecule has 0 aliphatic heterocycles. The van der Waals surface area contributed by atoms with Crippen LogP contribution in [0.25, 0.3) is 10.9 Å². The Morgan fingerprint density at radius 1 is 1.32 bits per heavy atom. The second-order valence-electron chi connectivity index (χ2n) is 6.00. The van der Waals surface area contributed by atoms with E-state index in [9.17, 15) is 0 Å². The zero-order valence-electron chi connectivity index (χ0n) is 12.5. The molecule has 0 amide bonds. The van der Waals surface area contributed by atoms with Gasteiger partial charge < -0.3 is 9.88 Å². The van der Waals surface area contributed by atoms with Gasteiger partial charge in [0.2, 0.25) is 0 Å². The zero-order valence-corrected chi connectivity index (χ0v) is 12.5. The minimum atomic E-state index is 0.394. The van der Waals surface area contributed by atoms with Crippen molar-refractivity contribution in [1.29, 1.82) is 0 Å². The summed E-state index contributed by atoms with van der Waals surface area (Å²) in [4.78, 5) is 0. The van der Waals surface area contributed by atoms with Crippen LogP contribution in [-0.2, 0) is 18.9 Å². The number of rotatable bonds is 4. The predicted molar refractivity (Wildman–Crippen MR) is 81.9 cm³/mol. The van der Waals surface area contributed by atoms with E-state index in [1.165, 1.54) is 35.0 Å². The van der Waals surface area contributed by atoms with Gasteiger partial charge in [0.05, 0.1) is 5.52 Å². The SMILES string of the molecule is CCc1cccc2c(C3(CNC)CC3)c(C)n(C)c12. The maximum absolute atomic E-state index is 3.39. The van der Waals surface area contributed by atoms with Crippen molar-refractivity contribution in [3.8, 4) is 0 Å². The minimum absolute atomic E-state index is 0.394. The molecule has 0 unspecified atom stereocenters. The van der Waals surface area contributed by atoms with E-state index in [0.29, 0.717) is 5.41 Å². The number of benzene rings is 1. The van der Waals surface area contributed by atoms with Crippen LogP contribution in [0.1, 0.15) is 36.6 Å². The average Bonchev–Trinajstić information content (AvgIpc) is 3.13. The van der Waals surface area contributed by atoms with Crippen molar-refractivity contribution in [2.24, 2.45) is 7.05 Å². The van der Waals surface area contributed by atoms with E-state index < -0.39 is 0 Å². The topological polar surface area (TPSA) is 17.0 Å². The van der Waals surface area contributed by atoms with Gasteiger partial charge in [-0.2, -0.15) is 0 Å². The molecule has 3 rings (SSSR count). The lowest BCUT2D eigenvalue weighted by atomic mass is 9.92. The molecular formula is C17H24N2. The summed E-state index contributed by atoms with van der Waals surface area (Å²) in [5.74, 6) is 0. The Kier molecular flexibility index (Phi) is 2.94. The fraction of sp³-hybridized carbons (Fsp3) is 0.529. The molecule has 0 bridgehead atoms. The van der Waals surface area contributed by atoms with E-state index in [-0.39, 0.29) is 0 Å². The van der Waals surface area contributed by atoms with Crippen LogP contribution in [0.2, 0.25) is 0 Å². The molecular weight excluding hydrogens is 232 g/mol. The molecule has 1 aromatic carbocycles. The second-order valence-corrected chi connectivity index (χ2v) is 6.00. The van der Waals surface area contributed by atoms with Crippen LogP contribution < -0.4 is 5.32 Å². The van der Waals surface area contributed by atoms with Gasteiger partial charge in [-0.1, -0.05) is 25.1 Å². The van der Waals surface area contributed by atoms with Crippen molar-refractivity contribution < 1.29 is 0 Å². The van der Waals surface area contributed by atoms with Crippen molar-refractivity contribution in [2.45, 2.75) is 38.5 Å². The monoisotopic (exact) mass is 256 g/mol. The Bertz CT molecular complexity index is 618. The summed E-state index contributed by atoms with van der Waals surface area (Å²) in [6.07, 6.45) is 3.75. The highest BCUT2D eigenvalue weighted by Gasteiger charge is 2.46. The zero-order chi connectivity index (χ0) is 13.6. The molecule has 2 aromatic rings. The molecule has 102 valence electrons. The number of fused-ring (bicyclic) bond motifs is 1. The highest BCUT2D eigenvalue weighted by Crippen LogP contribution is 2.52. The summed E-state index contributed by atoms with van der Waals surface area (Å²) in [6.45, 7) is 5.63. The van der Waals surface area contributed by atoms with E-state index in [2.05, 4.69) is 56.0 Å². The van der Waals surface area contributed by atoms with Gasteiger partial charge in [-0.25, -0.2) is 0 Å². The Morgan fingerprint density at radius 3 is 2.63 bits per heavy atom. The molecule has 1 saturated carbocycles. The Hall–Kier alpha value is -1.28. The molecule has 0 atom stereocenters. The molecule has 1 aliphatic rings. The lowest BCUT2D eigenvalue weighted by Gasteiger charge is -2.16. The fourth-order valence-corrected chi connectivity index (χ4v) is 3.68. The molecule has 2 nitrogen and oxygen atoms in total. The van der Waals surface area contributed by atoms with Crippen molar-refractivity contribution in [1.82, 2.24) is 9.88 Å². The first-order valence-electron chi connectivity index (χ1n) is 7.36. The summed E-state index contributed by atoms with van der Waals surface area (Å²) in [6, 6.07) is 6.80. The maximum atomic E-state index is 3.39. The van der Waals surface area contributed by atoms with Crippen LogP contribution in [0.3, 0.4) is 0 Å². The van der Waals surface area contributed by atoms with Gasteiger partial charge in [0, 0.05) is 30.1 Å². The van der Waals surface area contributed by atoms with Gasteiger partial charge in [-0.15, -0.1) is 0 Å². The molecule has 1 fully saturated rings. The van der Waals surface area contributed by atoms with E-state index in [4.69, 9.17) is 0 Å². The highest BCUT2D eigenvalue weighted by atomic mass is 15.0. The first-order valence-corrected chi connectivity index (χ1v) is 7.36. The number of nitrogens with zero attached hydrogens (tertiary/aromatic N) is 1. The van der Waals surface area contributed by atoms with Crippen LogP contribution in [0.5, 0.6) is 0 Å². The van der Waals surface area contributed by atoms with E-state index in [1.54, 1.807) is 5.56 Å². The van der Waals surface area contributed by atoms with E-state index in [1.807, 2.05) is 0 Å². The second kappa shape index (κ2) is 4.38. The van der Waals surface area contributed by atoms with Crippen molar-refractivity contribution in [3.63, 3.8) is 0 Å². The standard InChI is InChI=1S/C17H24N2/c1-5-13-7-6-8-14-15(12(2)19(4)16(13)14)17(9-10-17)11-18-3/h6-8,18H,5,9-11H2,1-4H3. The molecule has 0 radical (unpaired) electrons. The number of hydrogen-bond donors (Lipinski definition) is 1. The summed E-state index contributed by atoms with van der Waals surface area (Å²) in [7, 11) is 4.29. The van der Waals surface area contributed by atoms with E-state index in [0.717, 1.165) is 13.0 Å². The van der Waals surface area contributed by atoms with Gasteiger partial charge in [0.15, 0.2) is 0 Å². The first kappa shape index (κ1) is 12.7.